The first-order valence-corrected chi connectivity index (χ1v) is 26.5. The summed E-state index contributed by atoms with van der Waals surface area (Å²) in [7, 11) is 3.13. The fraction of sp³-hybridized carbons (Fsp3) is 0.815. The lowest BCUT2D eigenvalue weighted by atomic mass is 9.42. The normalized spacial score (nSPS) is 50.0. The van der Waals surface area contributed by atoms with Crippen molar-refractivity contribution in [3.63, 3.8) is 0 Å². The Kier molecular flexibility index (Phi) is 15.9. The fourth-order valence-corrected chi connectivity index (χ4v) is 14.4. The molecule has 410 valence electrons. The van der Waals surface area contributed by atoms with Gasteiger partial charge in [-0.25, -0.2) is 4.79 Å². The average Bonchev–Trinajstić information content (AvgIpc) is 3.58. The van der Waals surface area contributed by atoms with Gasteiger partial charge in [-0.2, -0.15) is 0 Å². The van der Waals surface area contributed by atoms with E-state index >= 15 is 0 Å². The molecule has 19 heteroatoms. The van der Waals surface area contributed by atoms with Gasteiger partial charge in [0.1, 0.15) is 47.3 Å². The van der Waals surface area contributed by atoms with E-state index in [9.17, 15) is 40.2 Å². The van der Waals surface area contributed by atoms with Crippen molar-refractivity contribution in [3.05, 3.63) is 47.5 Å². The predicted molar refractivity (Wildman–Crippen MR) is 256 cm³/mol. The van der Waals surface area contributed by atoms with Gasteiger partial charge in [0, 0.05) is 45.8 Å². The maximum absolute atomic E-state index is 13.7. The Hall–Kier alpha value is -2.54. The molecule has 0 spiro atoms. The number of esters is 1. The Morgan fingerprint density at radius 3 is 1.77 bits per heavy atom. The molecule has 0 radical (unpaired) electrons. The minimum absolute atomic E-state index is 0.0600. The number of carbonyl (C=O) groups is 2. The molecule has 4 aliphatic heterocycles. The van der Waals surface area contributed by atoms with Crippen molar-refractivity contribution in [2.24, 2.45) is 16.7 Å². The number of ether oxygens (including phenoxy) is 11. The van der Waals surface area contributed by atoms with Crippen molar-refractivity contribution in [1.82, 2.24) is 0 Å². The van der Waals surface area contributed by atoms with Crippen LogP contribution in [0.25, 0.3) is 0 Å². The van der Waals surface area contributed by atoms with Gasteiger partial charge in [-0.05, 0) is 104 Å². The van der Waals surface area contributed by atoms with E-state index in [2.05, 4.69) is 6.92 Å². The van der Waals surface area contributed by atoms with Crippen LogP contribution >= 0.6 is 0 Å². The van der Waals surface area contributed by atoms with Crippen molar-refractivity contribution >= 4 is 11.8 Å². The second kappa shape index (κ2) is 21.0. The zero-order chi connectivity index (χ0) is 52.6. The number of rotatable bonds is 13. The summed E-state index contributed by atoms with van der Waals surface area (Å²) in [6.07, 6.45) is -7.92. The SMILES string of the molecule is CO[C@@H]1C[C@H](O[C@@H]2[C@@H](C)O[C@@H](O[C@H]3[C@@H](O)C[C@H](O[C@H]4[C@@H](O)C[C@H](O[C@H]5CC[C@@]6(C)C(=CC[C@]7(O)[C@@H]6C[C@@H](OC(=O)c6ccccc6)[C@@]6(C)[C@]7(O)CC[C@@]6(O)C(C)=O)C5)O[C@@H]4C)O[C@@H]3C)C[C@H]2OC)O[C@H](C)[C@H]1O. The number of Topliss-reactive ketones (excluding diaryl/α,β-unsaturated/α-hetero) is 1. The van der Waals surface area contributed by atoms with Gasteiger partial charge in [0.15, 0.2) is 30.9 Å². The van der Waals surface area contributed by atoms with Gasteiger partial charge in [0.05, 0.1) is 65.9 Å². The Bertz CT molecular complexity index is 2120. The van der Waals surface area contributed by atoms with Gasteiger partial charge in [-0.15, -0.1) is 0 Å². The van der Waals surface area contributed by atoms with Crippen molar-refractivity contribution < 1.29 is 92.3 Å². The number of methoxy groups -OCH3 is 2. The third-order valence-electron chi connectivity index (χ3n) is 18.8. The molecule has 4 heterocycles. The van der Waals surface area contributed by atoms with Crippen LogP contribution in [0, 0.1) is 16.7 Å². The van der Waals surface area contributed by atoms with Crippen molar-refractivity contribution in [3.8, 4) is 0 Å². The summed E-state index contributed by atoms with van der Waals surface area (Å²) in [6.45, 7) is 12.1. The third kappa shape index (κ3) is 9.60. The lowest BCUT2D eigenvalue weighted by molar-refractivity contribution is -0.345. The number of benzene rings is 1. The van der Waals surface area contributed by atoms with Crippen LogP contribution in [0.1, 0.15) is 129 Å². The summed E-state index contributed by atoms with van der Waals surface area (Å²) in [6, 6.07) is 8.45. The van der Waals surface area contributed by atoms with Crippen LogP contribution in [-0.2, 0) is 56.9 Å². The van der Waals surface area contributed by atoms with Gasteiger partial charge < -0.3 is 82.7 Å². The summed E-state index contributed by atoms with van der Waals surface area (Å²) in [5.41, 5.74) is -6.85. The number of hydrogen-bond acceptors (Lipinski definition) is 19. The summed E-state index contributed by atoms with van der Waals surface area (Å²) >= 11 is 0. The molecule has 6 N–H and O–H groups in total. The molecule has 9 rings (SSSR count). The topological polar surface area (TPSA) is 257 Å². The lowest BCUT2D eigenvalue weighted by Gasteiger charge is -2.67. The van der Waals surface area contributed by atoms with Gasteiger partial charge in [0.2, 0.25) is 0 Å². The second-order valence-corrected chi connectivity index (χ2v) is 22.8. The molecule has 1 aromatic carbocycles. The van der Waals surface area contributed by atoms with E-state index in [1.165, 1.54) is 6.92 Å². The molecule has 8 aliphatic rings. The highest BCUT2D eigenvalue weighted by atomic mass is 16.8. The Labute approximate surface area is 428 Å². The first-order chi connectivity index (χ1) is 34.5. The molecule has 0 bridgehead atoms. The van der Waals surface area contributed by atoms with Crippen LogP contribution in [0.5, 0.6) is 0 Å². The molecular formula is C54H80O19. The maximum Gasteiger partial charge on any atom is 0.338 e. The van der Waals surface area contributed by atoms with E-state index in [4.69, 9.17) is 52.1 Å². The first-order valence-electron chi connectivity index (χ1n) is 26.5. The van der Waals surface area contributed by atoms with Crippen molar-refractivity contribution in [1.29, 1.82) is 0 Å². The zero-order valence-corrected chi connectivity index (χ0v) is 43.7. The van der Waals surface area contributed by atoms with Crippen molar-refractivity contribution in [2.75, 3.05) is 14.2 Å². The smallest absolute Gasteiger partial charge is 0.338 e. The van der Waals surface area contributed by atoms with Gasteiger partial charge in [-0.3, -0.25) is 4.79 Å². The molecular weight excluding hydrogens is 953 g/mol. The monoisotopic (exact) mass is 1030 g/mol. The Morgan fingerprint density at radius 1 is 0.658 bits per heavy atom. The van der Waals surface area contributed by atoms with E-state index in [0.717, 1.165) is 5.57 Å². The Morgan fingerprint density at radius 2 is 1.19 bits per heavy atom. The van der Waals surface area contributed by atoms with Gasteiger partial charge in [-0.1, -0.05) is 36.8 Å². The van der Waals surface area contributed by atoms with Gasteiger partial charge in [0.25, 0.3) is 0 Å². The molecule has 0 unspecified atom stereocenters. The lowest BCUT2D eigenvalue weighted by Crippen LogP contribution is -2.78. The number of fused-ring (bicyclic) bond motifs is 5. The summed E-state index contributed by atoms with van der Waals surface area (Å²) < 4.78 is 67.9. The van der Waals surface area contributed by atoms with Crippen LogP contribution in [-0.4, -0.2) is 184 Å². The molecule has 3 saturated carbocycles. The molecule has 4 saturated heterocycles. The van der Waals surface area contributed by atoms with E-state index in [1.807, 2.05) is 13.0 Å². The molecule has 73 heavy (non-hydrogen) atoms. The minimum Gasteiger partial charge on any atom is -0.458 e. The predicted octanol–water partition coefficient (Wildman–Crippen LogP) is 3.53. The average molecular weight is 1030 g/mol. The van der Waals surface area contributed by atoms with E-state index < -0.39 is 150 Å². The Balaban J connectivity index is 0.790. The summed E-state index contributed by atoms with van der Waals surface area (Å²) in [4.78, 5) is 27.0. The van der Waals surface area contributed by atoms with E-state index in [-0.39, 0.29) is 44.6 Å². The number of carbonyl (C=O) groups excluding carboxylic acids is 2. The summed E-state index contributed by atoms with van der Waals surface area (Å²) in [5, 5.41) is 71.3. The van der Waals surface area contributed by atoms with Crippen LogP contribution in [0.15, 0.2) is 42.0 Å². The number of hydrogen-bond donors (Lipinski definition) is 6. The van der Waals surface area contributed by atoms with Crippen molar-refractivity contribution in [2.45, 2.75) is 247 Å². The largest absolute Gasteiger partial charge is 0.458 e. The molecule has 7 fully saturated rings. The molecule has 1 aromatic rings. The highest BCUT2D eigenvalue weighted by molar-refractivity contribution is 5.90. The minimum atomic E-state index is -2.05. The number of aliphatic hydroxyl groups is 6. The van der Waals surface area contributed by atoms with Crippen LogP contribution in [0.2, 0.25) is 0 Å². The van der Waals surface area contributed by atoms with E-state index in [0.29, 0.717) is 37.7 Å². The summed E-state index contributed by atoms with van der Waals surface area (Å²) in [5.74, 6) is -1.81. The standard InChI is InChI=1S/C54H80O19/c1-27-45(58)37(63-8)24-43(65-27)73-48-30(4)68-44(25-38(48)64-9)72-47-29(3)67-42(23-36(47)57)71-46-28(2)66-41(22-35(46)56)69-34-16-17-50(6)33(21-34)15-18-53(61)39(50)26-40(70-49(59)32-13-11-10-12-14-32)51(7)52(60,31(5)55)19-20-54(51,53)62/h10-15,27-30,34-48,56-58,60-62H,16-26H2,1-9H3/t27-,28-,29-,30-,34+,35+,36+,37-,38-,39-,40-,41+,42+,43+,44+,45-,46-,47-,48-,50+,51-,52-,53+,54-/m1/s1. The number of ketones is 1. The molecule has 4 aliphatic carbocycles. The zero-order valence-electron chi connectivity index (χ0n) is 43.7. The fourth-order valence-electron chi connectivity index (χ4n) is 14.4. The van der Waals surface area contributed by atoms with Crippen LogP contribution in [0.3, 0.4) is 0 Å². The molecule has 0 aromatic heterocycles. The first kappa shape index (κ1) is 55.2. The van der Waals surface area contributed by atoms with E-state index in [1.54, 1.807) is 72.2 Å². The van der Waals surface area contributed by atoms with Crippen LogP contribution < -0.4 is 0 Å². The second-order valence-electron chi connectivity index (χ2n) is 22.8. The van der Waals surface area contributed by atoms with Gasteiger partial charge >= 0.3 is 5.97 Å². The van der Waals surface area contributed by atoms with Crippen LogP contribution in [0.4, 0.5) is 0 Å². The highest BCUT2D eigenvalue weighted by Crippen LogP contribution is 2.71. The maximum atomic E-state index is 13.7. The third-order valence-corrected chi connectivity index (χ3v) is 18.8. The highest BCUT2D eigenvalue weighted by Gasteiger charge is 2.81. The molecule has 24 atom stereocenters. The quantitative estimate of drug-likeness (QED) is 0.122. The molecule has 0 amide bonds. The molecule has 19 nitrogen and oxygen atoms in total. The number of aliphatic hydroxyl groups excluding tert-OH is 3.